The second kappa shape index (κ2) is 3.06. The Kier molecular flexibility index (Phi) is 2.56. The quantitative estimate of drug-likeness (QED) is 0.407. The predicted molar refractivity (Wildman–Crippen MR) is 32.4 cm³/mol. The lowest BCUT2D eigenvalue weighted by atomic mass is 10.6. The van der Waals surface area contributed by atoms with Crippen LogP contribution < -0.4 is 0 Å². The molecule has 0 aromatic rings. The summed E-state index contributed by atoms with van der Waals surface area (Å²) in [6.07, 6.45) is -10.1. The number of hydrogen-bond donors (Lipinski definition) is 4. The van der Waals surface area contributed by atoms with Gasteiger partial charge in [0.25, 0.3) is 0 Å². The maximum absolute atomic E-state index is 10.2. The van der Waals surface area contributed by atoms with Crippen LogP contribution in [-0.4, -0.2) is 49.3 Å². The van der Waals surface area contributed by atoms with Crippen molar-refractivity contribution in [1.29, 1.82) is 0 Å². The summed E-state index contributed by atoms with van der Waals surface area (Å²) in [7, 11) is 0. The van der Waals surface area contributed by atoms with Gasteiger partial charge in [0.2, 0.25) is 0 Å². The number of hydrogen-bond acceptors (Lipinski definition) is 4. The van der Waals surface area contributed by atoms with Crippen molar-refractivity contribution in [2.45, 2.75) is 0 Å². The average Bonchev–Trinajstić information content (AvgIpc) is 1.82. The van der Waals surface area contributed by atoms with Gasteiger partial charge in [-0.3, -0.25) is 0 Å². The van der Waals surface area contributed by atoms with Gasteiger partial charge >= 0.3 is 24.4 Å². The summed E-state index contributed by atoms with van der Waals surface area (Å²) in [6, 6.07) is 0. The van der Waals surface area contributed by atoms with Crippen LogP contribution in [0.2, 0.25) is 0 Å². The molecule has 0 bridgehead atoms. The van der Waals surface area contributed by atoms with Crippen LogP contribution in [0.5, 0.6) is 0 Å². The van der Waals surface area contributed by atoms with Crippen molar-refractivity contribution in [2.24, 2.45) is 0 Å². The fraction of sp³-hybridized carbons (Fsp3) is 0. The van der Waals surface area contributed by atoms with E-state index in [1.54, 1.807) is 0 Å². The molecule has 0 aromatic carbocycles. The molecule has 4 amide bonds. The molecule has 0 aliphatic heterocycles. The number of carbonyl (C=O) groups is 4. The third-order valence-corrected chi connectivity index (χ3v) is 1.15. The minimum Gasteiger partial charge on any atom is -0.434 e. The van der Waals surface area contributed by atoms with Crippen LogP contribution >= 0.6 is 0 Å². The molecule has 0 radical (unpaired) electrons. The fourth-order valence-electron chi connectivity index (χ4n) is 0.491. The Balaban J connectivity index is 5.60. The van der Waals surface area contributed by atoms with Crippen molar-refractivity contribution < 1.29 is 44.1 Å². The van der Waals surface area contributed by atoms with Gasteiger partial charge in [-0.15, -0.1) is 0 Å². The first-order chi connectivity index (χ1) is 5.77. The number of rotatable bonds is 0. The van der Waals surface area contributed by atoms with Crippen LogP contribution in [0.15, 0.2) is 0 Å². The van der Waals surface area contributed by atoms with E-state index in [9.17, 15) is 19.2 Å². The molecule has 0 heterocycles. The molecule has 0 saturated carbocycles. The van der Waals surface area contributed by atoms with E-state index in [-0.39, 0.29) is 0 Å². The largest absolute Gasteiger partial charge is 0.546 e. The Labute approximate surface area is 69.6 Å². The molecule has 0 saturated heterocycles. The van der Waals surface area contributed by atoms with Gasteiger partial charge in [-0.2, -0.15) is 19.2 Å². The second-order valence-electron chi connectivity index (χ2n) is 1.80. The average molecular weight is 194 g/mol. The molecule has 0 rings (SSSR count). The lowest BCUT2D eigenvalue weighted by Crippen LogP contribution is -2.62. The molecule has 0 spiro atoms. The Morgan fingerprint density at radius 3 is 0.769 bits per heavy atom. The first-order valence-electron chi connectivity index (χ1n) is 2.61. The highest BCUT2D eigenvalue weighted by atomic mass is 16.5. The van der Waals surface area contributed by atoms with E-state index in [0.29, 0.717) is 0 Å². The lowest BCUT2D eigenvalue weighted by Gasteiger charge is -2.12. The second-order valence-corrected chi connectivity index (χ2v) is 1.80. The van der Waals surface area contributed by atoms with Crippen molar-refractivity contribution in [3.63, 3.8) is 0 Å². The van der Waals surface area contributed by atoms with Gasteiger partial charge < -0.3 is 20.4 Å². The van der Waals surface area contributed by atoms with E-state index in [4.69, 9.17) is 20.4 Å². The molecule has 13 heavy (non-hydrogen) atoms. The number of imide groups is 6. The van der Waals surface area contributed by atoms with Crippen molar-refractivity contribution >= 4 is 24.4 Å². The Morgan fingerprint density at radius 2 is 0.769 bits per heavy atom. The van der Waals surface area contributed by atoms with E-state index in [2.05, 4.69) is 0 Å². The third-order valence-electron chi connectivity index (χ3n) is 1.15. The Hall–Kier alpha value is -2.16. The highest BCUT2D eigenvalue weighted by molar-refractivity contribution is 5.99. The molecule has 0 fully saturated rings. The minimum atomic E-state index is -3.11. The van der Waals surface area contributed by atoms with Crippen molar-refractivity contribution in [3.05, 3.63) is 0 Å². The summed E-state index contributed by atoms with van der Waals surface area (Å²) >= 11 is 0. The molecule has 0 aliphatic carbocycles. The first kappa shape index (κ1) is 10.8. The van der Waals surface area contributed by atoms with Crippen LogP contribution in [0.3, 0.4) is 0 Å². The topological polar surface area (TPSA) is 149 Å². The molecular formula is C4H4NO8+. The summed E-state index contributed by atoms with van der Waals surface area (Å²) in [6.45, 7) is 0. The van der Waals surface area contributed by atoms with Crippen LogP contribution in [-0.2, 0) is 0 Å². The molecule has 0 aromatic heterocycles. The maximum Gasteiger partial charge on any atom is 0.546 e. The molecule has 9 heteroatoms. The summed E-state index contributed by atoms with van der Waals surface area (Å²) in [5.41, 5.74) is 0. The van der Waals surface area contributed by atoms with Gasteiger partial charge in [0.05, 0.1) is 4.48 Å². The van der Waals surface area contributed by atoms with Gasteiger partial charge in [0.15, 0.2) is 0 Å². The SMILES string of the molecule is O=C(O)[N+](C(=O)O)(C(=O)O)C(=O)O. The summed E-state index contributed by atoms with van der Waals surface area (Å²) in [4.78, 5) is 40.7. The first-order valence-corrected chi connectivity index (χ1v) is 2.61. The summed E-state index contributed by atoms with van der Waals surface area (Å²) in [5.74, 6) is 0. The lowest BCUT2D eigenvalue weighted by molar-refractivity contribution is -0.633. The Morgan fingerprint density at radius 1 is 0.615 bits per heavy atom. The maximum atomic E-state index is 10.2. The van der Waals surface area contributed by atoms with E-state index >= 15 is 0 Å². The van der Waals surface area contributed by atoms with Crippen LogP contribution in [0, 0.1) is 0 Å². The third kappa shape index (κ3) is 1.27. The van der Waals surface area contributed by atoms with E-state index in [1.165, 1.54) is 0 Å². The van der Waals surface area contributed by atoms with E-state index in [1.807, 2.05) is 0 Å². The zero-order valence-corrected chi connectivity index (χ0v) is 5.87. The van der Waals surface area contributed by atoms with Crippen LogP contribution in [0.1, 0.15) is 0 Å². The number of quaternary nitrogens is 1. The van der Waals surface area contributed by atoms with Crippen molar-refractivity contribution in [1.82, 2.24) is 0 Å². The molecule has 9 nitrogen and oxygen atoms in total. The molecule has 0 atom stereocenters. The number of carboxylic acid groups (broad SMARTS) is 4. The van der Waals surface area contributed by atoms with E-state index < -0.39 is 28.9 Å². The fourth-order valence-corrected chi connectivity index (χ4v) is 0.491. The van der Waals surface area contributed by atoms with Gasteiger partial charge in [-0.25, -0.2) is 0 Å². The van der Waals surface area contributed by atoms with E-state index in [0.717, 1.165) is 0 Å². The standard InChI is InChI=1S/C4H3NO8/c6-1(7)5(2(8)9,3(10)11)4(12)13/h(H3-,6,7,8,9,10,11,12,13)/p+1. The zero-order valence-electron chi connectivity index (χ0n) is 5.87. The molecule has 0 unspecified atom stereocenters. The zero-order chi connectivity index (χ0) is 10.8. The highest BCUT2D eigenvalue weighted by Crippen LogP contribution is 2.10. The molecular weight excluding hydrogens is 190 g/mol. The molecule has 0 aliphatic rings. The summed E-state index contributed by atoms with van der Waals surface area (Å²) < 4.78 is -3.11. The van der Waals surface area contributed by atoms with Crippen molar-refractivity contribution in [3.8, 4) is 0 Å². The highest BCUT2D eigenvalue weighted by Gasteiger charge is 2.63. The van der Waals surface area contributed by atoms with Crippen LogP contribution in [0.4, 0.5) is 19.2 Å². The van der Waals surface area contributed by atoms with Crippen LogP contribution in [0.25, 0.3) is 0 Å². The Bertz CT molecular complexity index is 231. The van der Waals surface area contributed by atoms with Gasteiger partial charge in [0, 0.05) is 0 Å². The molecule has 72 valence electrons. The van der Waals surface area contributed by atoms with Gasteiger partial charge in [-0.05, 0) is 0 Å². The predicted octanol–water partition coefficient (Wildman–Crippen LogP) is 0.515. The van der Waals surface area contributed by atoms with Crippen molar-refractivity contribution in [2.75, 3.05) is 0 Å². The smallest absolute Gasteiger partial charge is 0.434 e. The molecule has 4 N–H and O–H groups in total. The number of amides is 4. The monoisotopic (exact) mass is 194 g/mol. The minimum absolute atomic E-state index is 2.52. The normalized spacial score (nSPS) is 10.5. The van der Waals surface area contributed by atoms with Gasteiger partial charge in [-0.1, -0.05) is 0 Å². The van der Waals surface area contributed by atoms with Gasteiger partial charge in [0.1, 0.15) is 0 Å². The summed E-state index contributed by atoms with van der Waals surface area (Å²) in [5, 5.41) is 32.7. The number of nitrogens with zero attached hydrogens (tertiary/aromatic N) is 1.